The zero-order chi connectivity index (χ0) is 92.2. The lowest BCUT2D eigenvalue weighted by molar-refractivity contribution is -0.438. The predicted molar refractivity (Wildman–Crippen MR) is 455 cm³/mol. The maximum atomic E-state index is 14.9. The van der Waals surface area contributed by atoms with Gasteiger partial charge in [-0.3, -0.25) is 62.0 Å². The van der Waals surface area contributed by atoms with E-state index in [-0.39, 0.29) is 128 Å². The number of nitrogens with one attached hydrogen (secondary N) is 5. The van der Waals surface area contributed by atoms with Crippen LogP contribution >= 0.6 is 45.1 Å². The van der Waals surface area contributed by atoms with Crippen molar-refractivity contribution < 1.29 is 137 Å². The monoisotopic (exact) mass is 1860 g/mol. The van der Waals surface area contributed by atoms with Crippen molar-refractivity contribution in [3.63, 3.8) is 0 Å². The lowest BCUT2D eigenvalue weighted by Crippen LogP contribution is -2.58. The van der Waals surface area contributed by atoms with Gasteiger partial charge >= 0.3 is 41.4 Å². The Kier molecular flexibility index (Phi) is 33.4. The lowest BCUT2D eigenvalue weighted by Gasteiger charge is -2.32. The van der Waals surface area contributed by atoms with Gasteiger partial charge in [0.2, 0.25) is 47.1 Å². The lowest BCUT2D eigenvalue weighted by atomic mass is 9.80. The molecule has 0 bridgehead atoms. The third-order valence-electron chi connectivity index (χ3n) is 21.8. The molecule has 16 N–H and O–H groups in total. The van der Waals surface area contributed by atoms with E-state index in [1.165, 1.54) is 38.3 Å². The van der Waals surface area contributed by atoms with Crippen LogP contribution in [0.4, 0.5) is 17.3 Å². The number of carboxylic acid groups (broad SMARTS) is 3. The average molecular weight is 1860 g/mol. The van der Waals surface area contributed by atoms with Gasteiger partial charge in [0.25, 0.3) is 15.7 Å². The molecule has 0 saturated carbocycles. The number of unbranched alkanes of at least 4 members (excludes halogenated alkanes) is 4. The highest BCUT2D eigenvalue weighted by Crippen LogP contribution is 2.66. The number of nitrogens with two attached hydrogens (primary N) is 1. The number of carboxylic acids is 3. The Hall–Kier alpha value is -8.99. The zero-order valence-corrected chi connectivity index (χ0v) is 75.0. The van der Waals surface area contributed by atoms with Crippen molar-refractivity contribution in [2.75, 3.05) is 50.0 Å². The number of aromatic amines is 1. The van der Waals surface area contributed by atoms with Gasteiger partial charge in [0, 0.05) is 110 Å². The van der Waals surface area contributed by atoms with Gasteiger partial charge < -0.3 is 91.0 Å². The fraction of sp³-hybridized carbons (Fsp3) is 0.551. The van der Waals surface area contributed by atoms with Gasteiger partial charge in [0.15, 0.2) is 16.5 Å². The van der Waals surface area contributed by atoms with Crippen molar-refractivity contribution in [1.82, 2.24) is 45.6 Å². The quantitative estimate of drug-likeness (QED) is 0.00594. The fourth-order valence-electron chi connectivity index (χ4n) is 15.8. The Morgan fingerprint density at radius 2 is 1.48 bits per heavy atom. The number of fused-ring (bicyclic) bond motifs is 3. The molecule has 0 spiro atoms. The maximum Gasteiger partial charge on any atom is 0.490 e. The molecular weight excluding hydrogens is 1760 g/mol. The number of rotatable bonds is 42. The molecule has 0 radical (unpaired) electrons. The molecule has 9 rings (SSSR count). The topological polar surface area (TPSA) is 613 Å². The standard InChI is InChI=1S/C78H105N12O29P3S3/c1-9-86-53-32-30-47(125(113,114)115)38-49(53)78(7,8)59(86)25-18-26-60-77(5,6)48-37-45(2)29-31-54(48)87(60)34-17-11-10-12-27-61(92)80-33-16-15-22-50(73(103)89-36-20-24-56(89)71(101)82-51(39-64(94)95)69(99)83-52(74(104)105)40-65(96)97)81-70(100)55-23-19-35-88(55)62(93)42-76(3,4)124-123-66(98)28-14-13-21-46-43-90(68-67(46)72(102)85-75(79)84-68)63-41-57(91)58(117-63)44-116-121(109,110)119-122(111,112)118-120(106,107)108/h18,25-26,29-32,37-38,43,50-52,55-58,63,91H,9-12,14-17,19-20,22-24,27-28,33-36,39-42,44H2,1-8H3,(H14-,79,80,81,82,83,84,85,92,94,95,96,97,99,100,101,102,104,105,106,107,108,109,110,111,112,113,114,115)/p+1. The molecule has 2 aromatic heterocycles. The molecule has 41 nitrogen and oxygen atoms in total. The number of aliphatic hydroxyl groups is 1. The molecule has 10 atom stereocenters. The molecule has 3 saturated heterocycles. The number of phosphoric ester groups is 1. The van der Waals surface area contributed by atoms with Crippen LogP contribution in [0, 0.1) is 18.8 Å². The third kappa shape index (κ3) is 26.4. The molecule has 7 heterocycles. The number of likely N-dealkylation sites (tertiary alicyclic amines) is 2. The molecule has 6 amide bonds. The number of aryl methyl sites for hydroxylation is 1. The number of hydrogen-bond donors (Lipinski definition) is 15. The van der Waals surface area contributed by atoms with Crippen molar-refractivity contribution in [3.05, 3.63) is 99.1 Å². The van der Waals surface area contributed by atoms with E-state index >= 15 is 0 Å². The Labute approximate surface area is 727 Å². The zero-order valence-electron chi connectivity index (χ0n) is 69.9. The summed E-state index contributed by atoms with van der Waals surface area (Å²) < 4.78 is 90.0. The summed E-state index contributed by atoms with van der Waals surface area (Å²) >= 11 is 0. The number of hydrogen-bond acceptors (Lipinski definition) is 26. The SMILES string of the molecule is CCN1C(=CC=CC2=[N+](CCCCCCC(=O)NCCCCC(NC(=O)C3CCCN3C(=O)CC(C)(C)SSC(=O)CCC#Cc3cn(C4CC(O)C(COP(=O)(O)OP(=O)(O)OP(=O)(O)O)O4)c4nc(N)[nH]c(=O)c34)C(=O)N3CCCC3C(=O)NC(CC(=O)O)C(=O)NC(CC(=O)O)C(=O)O)c3ccc(C)cc3C2(C)C)C(C)(C)c2cc(S(=O)(=O)O)ccc21. The second-order valence-electron chi connectivity index (χ2n) is 32.5. The van der Waals surface area contributed by atoms with E-state index in [2.05, 4.69) is 112 Å². The number of ether oxygens (including phenoxy) is 1. The normalized spacial score (nSPS) is 20.6. The first-order valence-electron chi connectivity index (χ1n) is 40.3. The van der Waals surface area contributed by atoms with E-state index in [1.807, 2.05) is 32.2 Å². The Bertz CT molecular complexity index is 5330. The van der Waals surface area contributed by atoms with Crippen LogP contribution in [0.25, 0.3) is 11.0 Å². The number of aromatic nitrogens is 3. The molecule has 684 valence electrons. The van der Waals surface area contributed by atoms with Crippen LogP contribution in [0.5, 0.6) is 0 Å². The van der Waals surface area contributed by atoms with Crippen molar-refractivity contribution in [2.45, 2.75) is 240 Å². The molecule has 3 fully saturated rings. The highest BCUT2D eigenvalue weighted by molar-refractivity contribution is 8.82. The van der Waals surface area contributed by atoms with Gasteiger partial charge in [-0.2, -0.15) is 26.6 Å². The summed E-state index contributed by atoms with van der Waals surface area (Å²) in [6, 6.07) is 3.38. The number of aliphatic hydroxyl groups excluding tert-OH is 1. The van der Waals surface area contributed by atoms with Crippen LogP contribution < -0.4 is 37.5 Å². The highest BCUT2D eigenvalue weighted by atomic mass is 33.1. The first-order chi connectivity index (χ1) is 58.4. The number of benzene rings is 2. The Morgan fingerprint density at radius 3 is 2.14 bits per heavy atom. The predicted octanol–water partition coefficient (Wildman–Crippen LogP) is 6.10. The van der Waals surface area contributed by atoms with Gasteiger partial charge in [0.1, 0.15) is 49.1 Å². The number of phosphoric acid groups is 3. The largest absolute Gasteiger partial charge is 0.490 e. The molecule has 2 aromatic carbocycles. The summed E-state index contributed by atoms with van der Waals surface area (Å²) in [6.07, 6.45) is 5.13. The van der Waals surface area contributed by atoms with Gasteiger partial charge in [0.05, 0.1) is 46.8 Å². The number of aliphatic carboxylic acids is 3. The number of carbonyl (C=O) groups is 10. The van der Waals surface area contributed by atoms with Gasteiger partial charge in [-0.25, -0.2) is 18.5 Å². The van der Waals surface area contributed by atoms with E-state index in [0.717, 1.165) is 74.8 Å². The van der Waals surface area contributed by atoms with E-state index < -0.39 is 165 Å². The minimum atomic E-state index is -5.86. The summed E-state index contributed by atoms with van der Waals surface area (Å²) in [5.74, 6) is -4.07. The van der Waals surface area contributed by atoms with Crippen molar-refractivity contribution >= 4 is 148 Å². The summed E-state index contributed by atoms with van der Waals surface area (Å²) in [7, 11) is -19.7. The van der Waals surface area contributed by atoms with Crippen molar-refractivity contribution in [1.29, 1.82) is 0 Å². The third-order valence-corrected chi connectivity index (χ3v) is 29.7. The second-order valence-corrected chi connectivity index (χ2v) is 41.2. The number of nitrogen functional groups attached to an aromatic ring is 1. The fourth-order valence-corrected chi connectivity index (χ4v) is 21.4. The summed E-state index contributed by atoms with van der Waals surface area (Å²) in [5, 5.41) is 48.9. The van der Waals surface area contributed by atoms with Gasteiger partial charge in [-0.15, -0.1) is 0 Å². The number of likely N-dealkylation sites (N-methyl/N-ethyl adjacent to an activating group) is 1. The number of amides is 6. The highest BCUT2D eigenvalue weighted by Gasteiger charge is 2.48. The first-order valence-corrected chi connectivity index (χ1v) is 48.4. The minimum Gasteiger partial charge on any atom is -0.481 e. The molecule has 10 unspecified atom stereocenters. The molecule has 5 aliphatic rings. The van der Waals surface area contributed by atoms with Crippen LogP contribution in [-0.2, 0) is 100 Å². The van der Waals surface area contributed by atoms with Crippen LogP contribution in [0.3, 0.4) is 0 Å². The molecule has 125 heavy (non-hydrogen) atoms. The Balaban J connectivity index is 0.796. The molecular formula is C78H106N12O29P3S3+. The smallest absolute Gasteiger partial charge is 0.481 e. The van der Waals surface area contributed by atoms with E-state index in [0.29, 0.717) is 32.4 Å². The van der Waals surface area contributed by atoms with Crippen LogP contribution in [0.15, 0.2) is 76.2 Å². The minimum absolute atomic E-state index is 0.000973. The van der Waals surface area contributed by atoms with Crippen LogP contribution in [0.1, 0.15) is 193 Å². The number of anilines is 2. The summed E-state index contributed by atoms with van der Waals surface area (Å²) in [5.41, 5.74) is 11.3. The van der Waals surface area contributed by atoms with Gasteiger partial charge in [-0.05, 0) is 146 Å². The molecule has 5 aliphatic heterocycles. The number of H-pyrrole nitrogens is 1. The van der Waals surface area contributed by atoms with E-state index in [1.54, 1.807) is 19.9 Å². The summed E-state index contributed by atoms with van der Waals surface area (Å²) in [6.45, 7) is 16.5. The molecule has 0 aliphatic carbocycles. The van der Waals surface area contributed by atoms with Crippen LogP contribution in [0.2, 0.25) is 0 Å². The van der Waals surface area contributed by atoms with Gasteiger partial charge in [-0.1, -0.05) is 60.6 Å². The van der Waals surface area contributed by atoms with Crippen molar-refractivity contribution in [3.8, 4) is 11.8 Å². The number of allylic oxidation sites excluding steroid dienone is 4. The molecule has 4 aromatic rings. The van der Waals surface area contributed by atoms with E-state index in [4.69, 9.17) is 20.3 Å². The first kappa shape index (κ1) is 99.8. The van der Waals surface area contributed by atoms with E-state index in [9.17, 15) is 110 Å². The average Bonchev–Trinajstić information content (AvgIpc) is 1.69. The molecule has 47 heteroatoms. The van der Waals surface area contributed by atoms with Crippen LogP contribution in [-0.4, -0.2) is 233 Å². The second kappa shape index (κ2) is 41.8. The Morgan fingerprint density at radius 1 is 0.824 bits per heavy atom. The maximum absolute atomic E-state index is 14.9. The number of carbonyl (C=O) groups excluding carboxylic acids is 7. The van der Waals surface area contributed by atoms with Crippen molar-refractivity contribution in [2.24, 2.45) is 0 Å². The summed E-state index contributed by atoms with van der Waals surface area (Å²) in [4.78, 5) is 195. The number of nitrogens with zero attached hydrogens (tertiary/aromatic N) is 6.